The number of carbonyl (C=O) groups is 1. The standard InChI is InChI=1S/C17H22F3NO2/c1-14(2,3)9-7-10(15(4,5)6)12-11(8-9)16(23,13(22)21-12)17(18,19)20/h7-8,23H,1-6H3,(H,21,22)/t16-/m0/s1. The first kappa shape index (κ1) is 17.8. The number of hydrogen-bond donors (Lipinski definition) is 2. The predicted molar refractivity (Wildman–Crippen MR) is 82.4 cm³/mol. The second kappa shape index (κ2) is 4.72. The topological polar surface area (TPSA) is 49.3 Å². The summed E-state index contributed by atoms with van der Waals surface area (Å²) < 4.78 is 40.3. The van der Waals surface area contributed by atoms with Crippen molar-refractivity contribution in [2.45, 2.75) is 64.1 Å². The molecule has 0 aliphatic carbocycles. The third kappa shape index (κ3) is 2.63. The minimum atomic E-state index is -5.09. The molecule has 3 nitrogen and oxygen atoms in total. The second-order valence-corrected chi connectivity index (χ2v) is 8.11. The van der Waals surface area contributed by atoms with E-state index in [0.717, 1.165) is 0 Å². The minimum absolute atomic E-state index is 0.0651. The van der Waals surface area contributed by atoms with Gasteiger partial charge in [-0.1, -0.05) is 47.6 Å². The number of carbonyl (C=O) groups excluding carboxylic acids is 1. The van der Waals surface area contributed by atoms with Gasteiger partial charge in [0.15, 0.2) is 0 Å². The number of nitrogens with one attached hydrogen (secondary N) is 1. The van der Waals surface area contributed by atoms with Gasteiger partial charge in [-0.2, -0.15) is 13.2 Å². The van der Waals surface area contributed by atoms with Crippen LogP contribution in [0, 0.1) is 0 Å². The maximum Gasteiger partial charge on any atom is 0.430 e. The molecule has 128 valence electrons. The molecule has 2 N–H and O–H groups in total. The molecular formula is C17H22F3NO2. The molecule has 0 bridgehead atoms. The Kier molecular flexibility index (Phi) is 3.65. The Labute approximate surface area is 133 Å². The van der Waals surface area contributed by atoms with Crippen molar-refractivity contribution in [3.63, 3.8) is 0 Å². The molecule has 6 heteroatoms. The van der Waals surface area contributed by atoms with Gasteiger partial charge >= 0.3 is 6.18 Å². The Bertz CT molecular complexity index is 666. The molecule has 0 fully saturated rings. The zero-order valence-electron chi connectivity index (χ0n) is 14.1. The number of benzene rings is 1. The number of fused-ring (bicyclic) bond motifs is 1. The largest absolute Gasteiger partial charge is 0.430 e. The summed E-state index contributed by atoms with van der Waals surface area (Å²) in [5, 5.41) is 12.4. The Morgan fingerprint density at radius 3 is 1.91 bits per heavy atom. The van der Waals surface area contributed by atoms with Gasteiger partial charge in [0.25, 0.3) is 11.5 Å². The van der Waals surface area contributed by atoms with E-state index in [2.05, 4.69) is 5.32 Å². The summed E-state index contributed by atoms with van der Waals surface area (Å²) in [6, 6.07) is 3.09. The van der Waals surface area contributed by atoms with Crippen LogP contribution >= 0.6 is 0 Å². The van der Waals surface area contributed by atoms with Gasteiger partial charge in [-0.3, -0.25) is 4.79 Å². The zero-order chi connectivity index (χ0) is 18.0. The third-order valence-corrected chi connectivity index (χ3v) is 4.18. The van der Waals surface area contributed by atoms with Gasteiger partial charge < -0.3 is 10.4 Å². The Hall–Kier alpha value is -1.56. The van der Waals surface area contributed by atoms with Gasteiger partial charge in [0.2, 0.25) is 0 Å². The molecule has 23 heavy (non-hydrogen) atoms. The molecule has 1 aromatic rings. The quantitative estimate of drug-likeness (QED) is 0.756. The first-order valence-corrected chi connectivity index (χ1v) is 7.40. The summed E-state index contributed by atoms with van der Waals surface area (Å²) >= 11 is 0. The molecule has 0 saturated heterocycles. The molecular weight excluding hydrogens is 307 g/mol. The monoisotopic (exact) mass is 329 g/mol. The van der Waals surface area contributed by atoms with Crippen LogP contribution in [-0.4, -0.2) is 17.2 Å². The van der Waals surface area contributed by atoms with Crippen LogP contribution in [0.2, 0.25) is 0 Å². The number of anilines is 1. The molecule has 0 aromatic heterocycles. The van der Waals surface area contributed by atoms with E-state index in [1.165, 1.54) is 6.07 Å². The summed E-state index contributed by atoms with van der Waals surface area (Å²) in [5.74, 6) is -1.45. The number of alkyl halides is 3. The van der Waals surface area contributed by atoms with Gasteiger partial charge in [-0.25, -0.2) is 0 Å². The van der Waals surface area contributed by atoms with Crippen molar-refractivity contribution in [3.8, 4) is 0 Å². The van der Waals surface area contributed by atoms with Gasteiger partial charge in [0.1, 0.15) is 0 Å². The summed E-state index contributed by atoms with van der Waals surface area (Å²) in [7, 11) is 0. The van der Waals surface area contributed by atoms with E-state index < -0.39 is 34.1 Å². The summed E-state index contributed by atoms with van der Waals surface area (Å²) in [6.45, 7) is 11.2. The summed E-state index contributed by atoms with van der Waals surface area (Å²) in [4.78, 5) is 12.0. The van der Waals surface area contributed by atoms with Crippen LogP contribution in [0.4, 0.5) is 18.9 Å². The first-order valence-electron chi connectivity index (χ1n) is 7.40. The highest BCUT2D eigenvalue weighted by Gasteiger charge is 2.65. The Morgan fingerprint density at radius 1 is 1.00 bits per heavy atom. The summed E-state index contributed by atoms with van der Waals surface area (Å²) in [5.41, 5.74) is -3.55. The lowest BCUT2D eigenvalue weighted by atomic mass is 9.77. The van der Waals surface area contributed by atoms with Gasteiger partial charge in [-0.15, -0.1) is 0 Å². The van der Waals surface area contributed by atoms with E-state index in [4.69, 9.17) is 0 Å². The predicted octanol–water partition coefficient (Wildman–Crippen LogP) is 3.98. The maximum absolute atomic E-state index is 13.4. The maximum atomic E-state index is 13.4. The van der Waals surface area contributed by atoms with Crippen molar-refractivity contribution in [2.75, 3.05) is 5.32 Å². The average molecular weight is 329 g/mol. The van der Waals surface area contributed by atoms with Gasteiger partial charge in [0, 0.05) is 5.56 Å². The second-order valence-electron chi connectivity index (χ2n) is 8.11. The number of aliphatic hydroxyl groups is 1. The van der Waals surface area contributed by atoms with E-state index in [1.54, 1.807) is 6.07 Å². The smallest absolute Gasteiger partial charge is 0.368 e. The van der Waals surface area contributed by atoms with E-state index in [1.807, 2.05) is 41.5 Å². The highest BCUT2D eigenvalue weighted by molar-refractivity contribution is 6.06. The van der Waals surface area contributed by atoms with Crippen molar-refractivity contribution < 1.29 is 23.1 Å². The van der Waals surface area contributed by atoms with Crippen LogP contribution in [0.15, 0.2) is 12.1 Å². The number of amides is 1. The third-order valence-electron chi connectivity index (χ3n) is 4.18. The molecule has 0 saturated carbocycles. The zero-order valence-corrected chi connectivity index (χ0v) is 14.1. The minimum Gasteiger partial charge on any atom is -0.368 e. The molecule has 1 atom stereocenters. The summed E-state index contributed by atoms with van der Waals surface area (Å²) in [6.07, 6.45) is -5.09. The Balaban J connectivity index is 2.88. The molecule has 1 aliphatic rings. The normalized spacial score (nSPS) is 22.1. The Morgan fingerprint density at radius 2 is 1.52 bits per heavy atom. The fraction of sp³-hybridized carbons (Fsp3) is 0.588. The fourth-order valence-electron chi connectivity index (χ4n) is 2.69. The van der Waals surface area contributed by atoms with Crippen molar-refractivity contribution >= 4 is 11.6 Å². The van der Waals surface area contributed by atoms with Crippen molar-refractivity contribution in [1.82, 2.24) is 0 Å². The van der Waals surface area contributed by atoms with Gasteiger partial charge in [0.05, 0.1) is 5.69 Å². The van der Waals surface area contributed by atoms with Crippen molar-refractivity contribution in [3.05, 3.63) is 28.8 Å². The molecule has 1 aromatic carbocycles. The highest BCUT2D eigenvalue weighted by atomic mass is 19.4. The van der Waals surface area contributed by atoms with Crippen molar-refractivity contribution in [2.24, 2.45) is 0 Å². The molecule has 1 heterocycles. The lowest BCUT2D eigenvalue weighted by molar-refractivity contribution is -0.252. The van der Waals surface area contributed by atoms with Crippen LogP contribution in [0.5, 0.6) is 0 Å². The van der Waals surface area contributed by atoms with E-state index in [-0.39, 0.29) is 5.69 Å². The first-order chi connectivity index (χ1) is 10.1. The van der Waals surface area contributed by atoms with Crippen LogP contribution < -0.4 is 5.32 Å². The lowest BCUT2D eigenvalue weighted by Crippen LogP contribution is -2.47. The van der Waals surface area contributed by atoms with Crippen LogP contribution in [0.3, 0.4) is 0 Å². The van der Waals surface area contributed by atoms with Crippen LogP contribution in [-0.2, 0) is 21.2 Å². The van der Waals surface area contributed by atoms with Gasteiger partial charge in [-0.05, 0) is 28.0 Å². The molecule has 2 rings (SSSR count). The van der Waals surface area contributed by atoms with E-state index in [0.29, 0.717) is 11.1 Å². The SMILES string of the molecule is CC(C)(C)c1cc(C(C)(C)C)c2c(c1)[C@@](O)(C(F)(F)F)C(=O)N2. The molecule has 0 radical (unpaired) electrons. The molecule has 0 unspecified atom stereocenters. The van der Waals surface area contributed by atoms with Crippen LogP contribution in [0.25, 0.3) is 0 Å². The fourth-order valence-corrected chi connectivity index (χ4v) is 2.69. The van der Waals surface area contributed by atoms with E-state index >= 15 is 0 Å². The molecule has 1 aliphatic heterocycles. The molecule has 1 amide bonds. The molecule has 0 spiro atoms. The lowest BCUT2D eigenvalue weighted by Gasteiger charge is -2.29. The van der Waals surface area contributed by atoms with E-state index in [9.17, 15) is 23.1 Å². The number of halogens is 3. The number of hydrogen-bond acceptors (Lipinski definition) is 2. The van der Waals surface area contributed by atoms with Crippen molar-refractivity contribution in [1.29, 1.82) is 0 Å². The van der Waals surface area contributed by atoms with Crippen LogP contribution in [0.1, 0.15) is 58.2 Å². The highest BCUT2D eigenvalue weighted by Crippen LogP contribution is 2.50. The average Bonchev–Trinajstić information content (AvgIpc) is 2.59. The number of rotatable bonds is 0.